The molecule has 6 heteroatoms. The Labute approximate surface area is 166 Å². The molecule has 144 valence electrons. The number of nitrogens with one attached hydrogen (secondary N) is 2. The van der Waals surface area contributed by atoms with Gasteiger partial charge in [-0.25, -0.2) is 0 Å². The van der Waals surface area contributed by atoms with E-state index in [0.29, 0.717) is 11.8 Å². The SMILES string of the molecule is Cc1ccc(Nc2nncc(Nc3ccc(N4CCCCC4)cc3)n2)c(C)c1. The molecule has 6 nitrogen and oxygen atoms in total. The first-order valence-corrected chi connectivity index (χ1v) is 9.83. The monoisotopic (exact) mass is 374 g/mol. The van der Waals surface area contributed by atoms with Crippen molar-refractivity contribution in [1.82, 2.24) is 15.2 Å². The highest BCUT2D eigenvalue weighted by atomic mass is 15.3. The molecule has 0 saturated carbocycles. The van der Waals surface area contributed by atoms with Gasteiger partial charge in [0.05, 0.1) is 6.20 Å². The molecule has 1 fully saturated rings. The smallest absolute Gasteiger partial charge is 0.249 e. The molecule has 3 aromatic rings. The van der Waals surface area contributed by atoms with Crippen LogP contribution in [0.3, 0.4) is 0 Å². The van der Waals surface area contributed by atoms with Gasteiger partial charge in [-0.15, -0.1) is 5.10 Å². The molecular weight excluding hydrogens is 348 g/mol. The molecule has 28 heavy (non-hydrogen) atoms. The first-order valence-electron chi connectivity index (χ1n) is 9.83. The van der Waals surface area contributed by atoms with E-state index in [0.717, 1.165) is 30.0 Å². The molecule has 2 heterocycles. The van der Waals surface area contributed by atoms with Crippen molar-refractivity contribution in [3.63, 3.8) is 0 Å². The predicted molar refractivity (Wildman–Crippen MR) is 115 cm³/mol. The summed E-state index contributed by atoms with van der Waals surface area (Å²) >= 11 is 0. The highest BCUT2D eigenvalue weighted by Crippen LogP contribution is 2.24. The van der Waals surface area contributed by atoms with Crippen LogP contribution >= 0.6 is 0 Å². The maximum atomic E-state index is 4.53. The van der Waals surface area contributed by atoms with Crippen molar-refractivity contribution in [2.45, 2.75) is 33.1 Å². The molecule has 0 amide bonds. The van der Waals surface area contributed by atoms with Crippen molar-refractivity contribution in [3.05, 3.63) is 59.8 Å². The van der Waals surface area contributed by atoms with E-state index in [9.17, 15) is 0 Å². The van der Waals surface area contributed by atoms with Crippen molar-refractivity contribution < 1.29 is 0 Å². The first-order chi connectivity index (χ1) is 13.7. The van der Waals surface area contributed by atoms with Crippen molar-refractivity contribution in [1.29, 1.82) is 0 Å². The second-order valence-corrected chi connectivity index (χ2v) is 7.33. The third kappa shape index (κ3) is 4.39. The van der Waals surface area contributed by atoms with E-state index >= 15 is 0 Å². The fourth-order valence-electron chi connectivity index (χ4n) is 3.55. The van der Waals surface area contributed by atoms with Gasteiger partial charge < -0.3 is 15.5 Å². The van der Waals surface area contributed by atoms with Crippen molar-refractivity contribution in [2.24, 2.45) is 0 Å². The minimum Gasteiger partial charge on any atom is -0.372 e. The molecule has 1 saturated heterocycles. The highest BCUT2D eigenvalue weighted by Gasteiger charge is 2.10. The minimum atomic E-state index is 0.474. The average Bonchev–Trinajstić information content (AvgIpc) is 2.72. The van der Waals surface area contributed by atoms with Gasteiger partial charge in [-0.2, -0.15) is 10.1 Å². The standard InChI is InChI=1S/C22H26N6/c1-16-6-11-20(17(2)14-16)25-22-26-21(15-23-27-22)24-18-7-9-19(10-8-18)28-12-4-3-5-13-28/h6-11,14-15H,3-5,12-13H2,1-2H3,(H2,24,25,26,27). The maximum absolute atomic E-state index is 4.53. The maximum Gasteiger partial charge on any atom is 0.249 e. The summed E-state index contributed by atoms with van der Waals surface area (Å²) in [5.41, 5.74) is 5.62. The number of benzene rings is 2. The molecule has 1 aliphatic rings. The van der Waals surface area contributed by atoms with Crippen LogP contribution in [0.4, 0.5) is 28.8 Å². The zero-order chi connectivity index (χ0) is 19.3. The van der Waals surface area contributed by atoms with Gasteiger partial charge >= 0.3 is 0 Å². The van der Waals surface area contributed by atoms with E-state index in [1.54, 1.807) is 6.20 Å². The van der Waals surface area contributed by atoms with Gasteiger partial charge in [-0.1, -0.05) is 17.7 Å². The normalized spacial score (nSPS) is 14.0. The lowest BCUT2D eigenvalue weighted by Crippen LogP contribution is -2.29. The Kier molecular flexibility index (Phi) is 5.37. The number of rotatable bonds is 5. The molecule has 0 bridgehead atoms. The largest absolute Gasteiger partial charge is 0.372 e. The van der Waals surface area contributed by atoms with Crippen LogP contribution in [0, 0.1) is 13.8 Å². The first kappa shape index (κ1) is 18.2. The van der Waals surface area contributed by atoms with Crippen LogP contribution in [0.1, 0.15) is 30.4 Å². The van der Waals surface area contributed by atoms with Crippen LogP contribution in [0.2, 0.25) is 0 Å². The summed E-state index contributed by atoms with van der Waals surface area (Å²) in [5, 5.41) is 14.7. The van der Waals surface area contributed by atoms with E-state index in [-0.39, 0.29) is 0 Å². The molecule has 2 aromatic carbocycles. The Morgan fingerprint density at radius 2 is 1.68 bits per heavy atom. The summed E-state index contributed by atoms with van der Waals surface area (Å²) in [5.74, 6) is 1.13. The number of piperidine rings is 1. The fourth-order valence-corrected chi connectivity index (χ4v) is 3.55. The van der Waals surface area contributed by atoms with Crippen LogP contribution in [0.25, 0.3) is 0 Å². The Balaban J connectivity index is 1.44. The van der Waals surface area contributed by atoms with Crippen LogP contribution in [0.5, 0.6) is 0 Å². The molecule has 2 N–H and O–H groups in total. The quantitative estimate of drug-likeness (QED) is 0.657. The third-order valence-corrected chi connectivity index (χ3v) is 5.05. The van der Waals surface area contributed by atoms with Gasteiger partial charge in [-0.05, 0) is 69.0 Å². The molecule has 0 spiro atoms. The van der Waals surface area contributed by atoms with Gasteiger partial charge in [0.15, 0.2) is 5.82 Å². The minimum absolute atomic E-state index is 0.474. The van der Waals surface area contributed by atoms with E-state index in [2.05, 4.69) is 81.0 Å². The van der Waals surface area contributed by atoms with E-state index < -0.39 is 0 Å². The topological polar surface area (TPSA) is 66.0 Å². The summed E-state index contributed by atoms with van der Waals surface area (Å²) in [6.45, 7) is 6.44. The number of aromatic nitrogens is 3. The Morgan fingerprint density at radius 3 is 2.43 bits per heavy atom. The molecule has 1 aromatic heterocycles. The van der Waals surface area contributed by atoms with E-state index in [4.69, 9.17) is 0 Å². The van der Waals surface area contributed by atoms with Gasteiger partial charge in [0.1, 0.15) is 0 Å². The lowest BCUT2D eigenvalue weighted by Gasteiger charge is -2.28. The molecule has 1 aliphatic heterocycles. The summed E-state index contributed by atoms with van der Waals surface area (Å²) in [6.07, 6.45) is 5.53. The summed E-state index contributed by atoms with van der Waals surface area (Å²) in [4.78, 5) is 6.98. The van der Waals surface area contributed by atoms with Gasteiger partial charge in [-0.3, -0.25) is 0 Å². The molecule has 0 unspecified atom stereocenters. The molecular formula is C22H26N6. The number of hydrogen-bond donors (Lipinski definition) is 2. The van der Waals surface area contributed by atoms with Crippen molar-refractivity contribution in [2.75, 3.05) is 28.6 Å². The third-order valence-electron chi connectivity index (χ3n) is 5.05. The average molecular weight is 374 g/mol. The van der Waals surface area contributed by atoms with Crippen molar-refractivity contribution >= 4 is 28.8 Å². The number of aryl methyl sites for hydroxylation is 2. The Bertz CT molecular complexity index is 932. The molecule has 0 atom stereocenters. The lowest BCUT2D eigenvalue weighted by atomic mass is 10.1. The van der Waals surface area contributed by atoms with Crippen LogP contribution in [-0.4, -0.2) is 28.3 Å². The number of anilines is 5. The predicted octanol–water partition coefficient (Wildman–Crippen LogP) is 4.97. The summed E-state index contributed by atoms with van der Waals surface area (Å²) in [7, 11) is 0. The molecule has 0 radical (unpaired) electrons. The van der Waals surface area contributed by atoms with Crippen molar-refractivity contribution in [3.8, 4) is 0 Å². The summed E-state index contributed by atoms with van der Waals surface area (Å²) < 4.78 is 0. The van der Waals surface area contributed by atoms with Gasteiger partial charge in [0, 0.05) is 30.2 Å². The second-order valence-electron chi connectivity index (χ2n) is 7.33. The lowest BCUT2D eigenvalue weighted by molar-refractivity contribution is 0.578. The Hall–Kier alpha value is -3.15. The van der Waals surface area contributed by atoms with Gasteiger partial charge in [0.25, 0.3) is 0 Å². The number of hydrogen-bond acceptors (Lipinski definition) is 6. The fraction of sp³-hybridized carbons (Fsp3) is 0.318. The van der Waals surface area contributed by atoms with E-state index in [1.807, 2.05) is 6.07 Å². The number of nitrogens with zero attached hydrogens (tertiary/aromatic N) is 4. The molecule has 0 aliphatic carbocycles. The van der Waals surface area contributed by atoms with Crippen LogP contribution in [0.15, 0.2) is 48.7 Å². The summed E-state index contributed by atoms with van der Waals surface area (Å²) in [6, 6.07) is 14.7. The van der Waals surface area contributed by atoms with E-state index in [1.165, 1.54) is 30.5 Å². The second kappa shape index (κ2) is 8.25. The van der Waals surface area contributed by atoms with Crippen LogP contribution < -0.4 is 15.5 Å². The van der Waals surface area contributed by atoms with Crippen LogP contribution in [-0.2, 0) is 0 Å². The zero-order valence-corrected chi connectivity index (χ0v) is 16.4. The Morgan fingerprint density at radius 1 is 0.893 bits per heavy atom. The van der Waals surface area contributed by atoms with Gasteiger partial charge in [0.2, 0.25) is 5.95 Å². The molecule has 4 rings (SSSR count). The zero-order valence-electron chi connectivity index (χ0n) is 16.4. The highest BCUT2D eigenvalue weighted by molar-refractivity contribution is 5.63.